The Morgan fingerprint density at radius 3 is 2.12 bits per heavy atom. The molecule has 0 spiro atoms. The maximum Gasteiger partial charge on any atom is 0.227 e. The van der Waals surface area contributed by atoms with Gasteiger partial charge in [0.1, 0.15) is 11.2 Å². The van der Waals surface area contributed by atoms with Gasteiger partial charge in [0.25, 0.3) is 0 Å². The second kappa shape index (κ2) is 10.9. The van der Waals surface area contributed by atoms with Crippen LogP contribution >= 0.6 is 0 Å². The van der Waals surface area contributed by atoms with Gasteiger partial charge in [0.05, 0.1) is 11.9 Å². The molecule has 0 atom stereocenters. The average Bonchev–Trinajstić information content (AvgIpc) is 3.74. The topological polar surface area (TPSA) is 55.3 Å². The minimum Gasteiger partial charge on any atom is -0.454 e. The van der Waals surface area contributed by atoms with Crippen molar-refractivity contribution >= 4 is 71.8 Å². The van der Waals surface area contributed by atoms with Gasteiger partial charge in [-0.3, -0.25) is 4.98 Å². The van der Waals surface area contributed by atoms with E-state index in [2.05, 4.69) is 130 Å². The van der Waals surface area contributed by atoms with Gasteiger partial charge in [0.15, 0.2) is 5.58 Å². The highest BCUT2D eigenvalue weighted by Crippen LogP contribution is 2.44. The van der Waals surface area contributed by atoms with Crippen LogP contribution in [0.5, 0.6) is 0 Å². The maximum atomic E-state index is 6.16. The zero-order chi connectivity index (χ0) is 32.3. The predicted octanol–water partition coefficient (Wildman–Crippen LogP) is 12.2. The molecular weight excluding hydrogens is 603 g/mol. The minimum absolute atomic E-state index is 0.636. The lowest BCUT2D eigenvalue weighted by molar-refractivity contribution is 0.654. The maximum absolute atomic E-state index is 6.16. The van der Waals surface area contributed by atoms with Crippen LogP contribution in [0.3, 0.4) is 0 Å². The second-order valence-electron chi connectivity index (χ2n) is 12.3. The zero-order valence-corrected chi connectivity index (χ0v) is 26.2. The number of para-hydroxylation sites is 1. The van der Waals surface area contributed by atoms with Gasteiger partial charge in [-0.2, -0.15) is 0 Å². The molecule has 10 rings (SSSR count). The van der Waals surface area contributed by atoms with Crippen LogP contribution < -0.4 is 4.90 Å². The molecule has 10 aromatic rings. The number of furan rings is 2. The molecule has 0 amide bonds. The van der Waals surface area contributed by atoms with E-state index in [0.29, 0.717) is 5.71 Å². The predicted molar refractivity (Wildman–Crippen MR) is 200 cm³/mol. The van der Waals surface area contributed by atoms with Crippen LogP contribution in [-0.4, -0.2) is 9.97 Å². The van der Waals surface area contributed by atoms with Gasteiger partial charge >= 0.3 is 0 Å². The van der Waals surface area contributed by atoms with Crippen molar-refractivity contribution < 1.29 is 8.83 Å². The Hall–Kier alpha value is -6.72. The molecule has 5 heteroatoms. The number of hydrogen-bond acceptors (Lipinski definition) is 5. The minimum atomic E-state index is 0.636. The van der Waals surface area contributed by atoms with E-state index >= 15 is 0 Å². The van der Waals surface area contributed by atoms with Crippen molar-refractivity contribution in [2.24, 2.45) is 0 Å². The summed E-state index contributed by atoms with van der Waals surface area (Å²) in [5.41, 5.74) is 10.6. The van der Waals surface area contributed by atoms with Crippen LogP contribution in [0.4, 0.5) is 17.1 Å². The van der Waals surface area contributed by atoms with Crippen molar-refractivity contribution in [3.63, 3.8) is 0 Å². The van der Waals surface area contributed by atoms with E-state index in [0.717, 1.165) is 77.4 Å². The molecule has 0 saturated heterocycles. The molecule has 0 N–H and O–H groups in total. The van der Waals surface area contributed by atoms with E-state index in [1.54, 1.807) is 12.4 Å². The van der Waals surface area contributed by atoms with Gasteiger partial charge in [-0.1, -0.05) is 84.9 Å². The number of aromatic nitrogens is 2. The van der Waals surface area contributed by atoms with Crippen LogP contribution in [0, 0.1) is 0 Å². The number of anilines is 3. The molecule has 0 bridgehead atoms. The van der Waals surface area contributed by atoms with Gasteiger partial charge in [0.2, 0.25) is 5.71 Å². The summed E-state index contributed by atoms with van der Waals surface area (Å²) in [5.74, 6) is 0. The first-order chi connectivity index (χ1) is 24.3. The Bertz CT molecular complexity index is 2830. The van der Waals surface area contributed by atoms with Gasteiger partial charge in [0, 0.05) is 56.3 Å². The van der Waals surface area contributed by atoms with E-state index in [1.165, 1.54) is 10.9 Å². The van der Waals surface area contributed by atoms with Crippen LogP contribution in [0.25, 0.3) is 77.0 Å². The first kappa shape index (κ1) is 27.4. The summed E-state index contributed by atoms with van der Waals surface area (Å²) < 4.78 is 12.3. The molecule has 4 aromatic heterocycles. The molecule has 0 radical (unpaired) electrons. The molecule has 49 heavy (non-hydrogen) atoms. The highest BCUT2D eigenvalue weighted by atomic mass is 16.3. The number of hydrogen-bond donors (Lipinski definition) is 0. The highest BCUT2D eigenvalue weighted by molar-refractivity contribution is 6.12. The quantitative estimate of drug-likeness (QED) is 0.190. The monoisotopic (exact) mass is 629 g/mol. The molecular formula is C44H27N3O2. The Morgan fingerprint density at radius 1 is 0.469 bits per heavy atom. The summed E-state index contributed by atoms with van der Waals surface area (Å²) in [6, 6.07) is 51.1. The Balaban J connectivity index is 1.20. The number of nitrogens with zero attached hydrogens (tertiary/aromatic N) is 3. The fourth-order valence-corrected chi connectivity index (χ4v) is 7.12. The molecule has 0 saturated carbocycles. The smallest absolute Gasteiger partial charge is 0.227 e. The molecule has 0 unspecified atom stereocenters. The molecule has 0 aliphatic carbocycles. The zero-order valence-electron chi connectivity index (χ0n) is 26.2. The summed E-state index contributed by atoms with van der Waals surface area (Å²) in [7, 11) is 0. The lowest BCUT2D eigenvalue weighted by atomic mass is 9.98. The van der Waals surface area contributed by atoms with E-state index in [1.807, 2.05) is 36.5 Å². The van der Waals surface area contributed by atoms with Crippen molar-refractivity contribution in [3.05, 3.63) is 164 Å². The van der Waals surface area contributed by atoms with Crippen LogP contribution in [0.1, 0.15) is 0 Å². The third kappa shape index (κ3) is 4.48. The number of rotatable bonds is 5. The fourth-order valence-electron chi connectivity index (χ4n) is 7.12. The van der Waals surface area contributed by atoms with Crippen molar-refractivity contribution in [2.45, 2.75) is 0 Å². The Kier molecular flexibility index (Phi) is 6.11. The molecule has 0 aliphatic heterocycles. The summed E-state index contributed by atoms with van der Waals surface area (Å²) in [6.45, 7) is 0. The lowest BCUT2D eigenvalue weighted by Gasteiger charge is -2.28. The molecule has 0 fully saturated rings. The van der Waals surface area contributed by atoms with Crippen molar-refractivity contribution in [3.8, 4) is 22.3 Å². The average molecular weight is 630 g/mol. The number of fused-ring (bicyclic) bond motifs is 7. The summed E-state index contributed by atoms with van der Waals surface area (Å²) >= 11 is 0. The Labute approximate surface area is 281 Å². The normalized spacial score (nSPS) is 11.7. The lowest BCUT2D eigenvalue weighted by Crippen LogP contribution is -2.10. The molecule has 5 nitrogen and oxygen atoms in total. The number of pyridine rings is 2. The van der Waals surface area contributed by atoms with Gasteiger partial charge < -0.3 is 13.7 Å². The molecule has 6 aromatic carbocycles. The standard InChI is InChI=1S/C44H27N3O2/c1-2-9-28(10-3-1)31-23-30-11-4-5-12-34(30)39(24-31)47(33-20-21-41-37(25-33)35-14-8-22-46-44(35)49-41)32-18-16-29(17-19-32)38-26-45-27-42-43(38)36-13-6-7-15-40(36)48-42/h1-27H. The van der Waals surface area contributed by atoms with E-state index < -0.39 is 0 Å². The molecule has 0 aliphatic rings. The molecule has 230 valence electrons. The third-order valence-corrected chi connectivity index (χ3v) is 9.40. The fraction of sp³-hybridized carbons (Fsp3) is 0. The second-order valence-corrected chi connectivity index (χ2v) is 12.3. The number of benzene rings is 6. The van der Waals surface area contributed by atoms with Crippen LogP contribution in [0.15, 0.2) is 173 Å². The Morgan fingerprint density at radius 2 is 1.22 bits per heavy atom. The summed E-state index contributed by atoms with van der Waals surface area (Å²) in [4.78, 5) is 11.4. The van der Waals surface area contributed by atoms with Crippen molar-refractivity contribution in [1.29, 1.82) is 0 Å². The molecule has 4 heterocycles. The first-order valence-electron chi connectivity index (χ1n) is 16.3. The van der Waals surface area contributed by atoms with Gasteiger partial charge in [-0.15, -0.1) is 0 Å². The summed E-state index contributed by atoms with van der Waals surface area (Å²) in [5, 5.41) is 6.50. The van der Waals surface area contributed by atoms with E-state index in [9.17, 15) is 0 Å². The van der Waals surface area contributed by atoms with Crippen LogP contribution in [0.2, 0.25) is 0 Å². The van der Waals surface area contributed by atoms with Crippen molar-refractivity contribution in [1.82, 2.24) is 9.97 Å². The first-order valence-corrected chi connectivity index (χ1v) is 16.3. The van der Waals surface area contributed by atoms with E-state index in [4.69, 9.17) is 8.83 Å². The van der Waals surface area contributed by atoms with E-state index in [-0.39, 0.29) is 0 Å². The highest BCUT2D eigenvalue weighted by Gasteiger charge is 2.20. The SMILES string of the molecule is c1ccc(-c2cc(N(c3ccc(-c4cncc5oc6ccccc6c45)cc3)c3ccc4oc5ncccc5c4c3)c3ccccc3c2)cc1. The largest absolute Gasteiger partial charge is 0.454 e. The van der Waals surface area contributed by atoms with Gasteiger partial charge in [-0.05, 0) is 82.7 Å². The van der Waals surface area contributed by atoms with Gasteiger partial charge in [-0.25, -0.2) is 4.98 Å². The van der Waals surface area contributed by atoms with Crippen molar-refractivity contribution in [2.75, 3.05) is 4.90 Å². The van der Waals surface area contributed by atoms with Crippen LogP contribution in [-0.2, 0) is 0 Å². The summed E-state index contributed by atoms with van der Waals surface area (Å²) in [6.07, 6.45) is 5.49. The third-order valence-electron chi connectivity index (χ3n) is 9.40.